The van der Waals surface area contributed by atoms with Crippen molar-refractivity contribution in [1.82, 2.24) is 0 Å². The molecule has 0 aromatic heterocycles. The molecule has 0 amide bonds. The zero-order chi connectivity index (χ0) is 13.4. The van der Waals surface area contributed by atoms with E-state index >= 15 is 0 Å². The van der Waals surface area contributed by atoms with Crippen molar-refractivity contribution in [2.24, 2.45) is 0 Å². The summed E-state index contributed by atoms with van der Waals surface area (Å²) in [5, 5.41) is 3.99. The summed E-state index contributed by atoms with van der Waals surface area (Å²) in [6, 6.07) is 5.73. The van der Waals surface area contributed by atoms with Crippen LogP contribution in [-0.4, -0.2) is 26.0 Å². The molecule has 1 rings (SSSR count). The van der Waals surface area contributed by atoms with Crippen molar-refractivity contribution in [1.29, 1.82) is 0 Å². The summed E-state index contributed by atoms with van der Waals surface area (Å²) in [7, 11) is 0. The highest BCUT2D eigenvalue weighted by atomic mass is 79.9. The van der Waals surface area contributed by atoms with Crippen molar-refractivity contribution in [3.05, 3.63) is 27.7 Å². The molecule has 0 radical (unpaired) electrons. The zero-order valence-electron chi connectivity index (χ0n) is 10.7. The summed E-state index contributed by atoms with van der Waals surface area (Å²) in [5.74, 6) is 0. The minimum absolute atomic E-state index is 0.154. The summed E-state index contributed by atoms with van der Waals surface area (Å²) >= 11 is 9.51. The van der Waals surface area contributed by atoms with Gasteiger partial charge in [-0.1, -0.05) is 27.5 Å². The quantitative estimate of drug-likeness (QED) is 0.718. The molecular formula is C13H19BrClNO2. The standard InChI is InChI=1S/C13H19BrClNO2/c1-3-17-13(18-4-2)7-8-16-12-9-10(14)5-6-11(12)15/h5-6,9,13,16H,3-4,7-8H2,1-2H3. The number of halogens is 2. The minimum atomic E-state index is -0.154. The lowest BCUT2D eigenvalue weighted by atomic mass is 10.3. The van der Waals surface area contributed by atoms with Crippen LogP contribution in [-0.2, 0) is 9.47 Å². The lowest BCUT2D eigenvalue weighted by Gasteiger charge is -2.17. The Kier molecular flexibility index (Phi) is 7.66. The zero-order valence-corrected chi connectivity index (χ0v) is 13.1. The van der Waals surface area contributed by atoms with Gasteiger partial charge in [-0.25, -0.2) is 0 Å². The molecule has 102 valence electrons. The van der Waals surface area contributed by atoms with Crippen LogP contribution in [0.4, 0.5) is 5.69 Å². The van der Waals surface area contributed by atoms with E-state index in [0.29, 0.717) is 18.2 Å². The summed E-state index contributed by atoms with van der Waals surface area (Å²) < 4.78 is 11.9. The lowest BCUT2D eigenvalue weighted by molar-refractivity contribution is -0.137. The van der Waals surface area contributed by atoms with Gasteiger partial charge >= 0.3 is 0 Å². The third-order valence-electron chi connectivity index (χ3n) is 2.33. The molecule has 0 aliphatic heterocycles. The van der Waals surface area contributed by atoms with E-state index in [0.717, 1.165) is 23.1 Å². The van der Waals surface area contributed by atoms with Gasteiger partial charge in [0.15, 0.2) is 6.29 Å². The van der Waals surface area contributed by atoms with E-state index in [1.165, 1.54) is 0 Å². The molecular weight excluding hydrogens is 318 g/mol. The van der Waals surface area contributed by atoms with Crippen LogP contribution in [0.25, 0.3) is 0 Å². The third kappa shape index (κ3) is 5.57. The molecule has 0 spiro atoms. The molecule has 0 heterocycles. The van der Waals surface area contributed by atoms with Crippen LogP contribution >= 0.6 is 27.5 Å². The van der Waals surface area contributed by atoms with Gasteiger partial charge in [-0.3, -0.25) is 0 Å². The Hall–Kier alpha value is -0.290. The molecule has 0 unspecified atom stereocenters. The number of rotatable bonds is 8. The normalized spacial score (nSPS) is 10.9. The first-order valence-electron chi connectivity index (χ1n) is 6.09. The largest absolute Gasteiger partial charge is 0.384 e. The van der Waals surface area contributed by atoms with E-state index in [-0.39, 0.29) is 6.29 Å². The van der Waals surface area contributed by atoms with Gasteiger partial charge in [-0.05, 0) is 32.0 Å². The predicted octanol–water partition coefficient (Wildman–Crippen LogP) is 4.30. The third-order valence-corrected chi connectivity index (χ3v) is 3.15. The lowest BCUT2D eigenvalue weighted by Crippen LogP contribution is -2.21. The van der Waals surface area contributed by atoms with Gasteiger partial charge in [0.25, 0.3) is 0 Å². The van der Waals surface area contributed by atoms with Crippen LogP contribution in [0.5, 0.6) is 0 Å². The molecule has 0 aliphatic rings. The van der Waals surface area contributed by atoms with Crippen molar-refractivity contribution < 1.29 is 9.47 Å². The molecule has 3 nitrogen and oxygen atoms in total. The van der Waals surface area contributed by atoms with E-state index < -0.39 is 0 Å². The van der Waals surface area contributed by atoms with Gasteiger partial charge in [0.2, 0.25) is 0 Å². The van der Waals surface area contributed by atoms with Crippen LogP contribution in [0.3, 0.4) is 0 Å². The van der Waals surface area contributed by atoms with Crippen LogP contribution < -0.4 is 5.32 Å². The molecule has 1 aromatic carbocycles. The van der Waals surface area contributed by atoms with Crippen molar-refractivity contribution in [3.63, 3.8) is 0 Å². The summed E-state index contributed by atoms with van der Waals surface area (Å²) in [6.45, 7) is 5.99. The average Bonchev–Trinajstić information content (AvgIpc) is 2.34. The first kappa shape index (κ1) is 15.8. The van der Waals surface area contributed by atoms with E-state index in [1.807, 2.05) is 32.0 Å². The van der Waals surface area contributed by atoms with Crippen molar-refractivity contribution in [3.8, 4) is 0 Å². The van der Waals surface area contributed by atoms with Crippen LogP contribution in [0.15, 0.2) is 22.7 Å². The topological polar surface area (TPSA) is 30.5 Å². The summed E-state index contributed by atoms with van der Waals surface area (Å²) in [4.78, 5) is 0. The molecule has 0 bridgehead atoms. The molecule has 0 fully saturated rings. The first-order chi connectivity index (χ1) is 8.67. The van der Waals surface area contributed by atoms with E-state index in [4.69, 9.17) is 21.1 Å². The molecule has 0 atom stereocenters. The Labute approximate surface area is 122 Å². The molecule has 0 saturated carbocycles. The van der Waals surface area contributed by atoms with Gasteiger partial charge in [-0.15, -0.1) is 0 Å². The smallest absolute Gasteiger partial charge is 0.159 e. The Morgan fingerprint density at radius 2 is 1.94 bits per heavy atom. The Bertz CT molecular complexity index is 357. The number of nitrogens with one attached hydrogen (secondary N) is 1. The van der Waals surface area contributed by atoms with Crippen molar-refractivity contribution in [2.45, 2.75) is 26.6 Å². The van der Waals surface area contributed by atoms with Crippen molar-refractivity contribution in [2.75, 3.05) is 25.1 Å². The van der Waals surface area contributed by atoms with E-state index in [9.17, 15) is 0 Å². The van der Waals surface area contributed by atoms with Crippen molar-refractivity contribution >= 4 is 33.2 Å². The first-order valence-corrected chi connectivity index (χ1v) is 7.26. The second-order valence-corrected chi connectivity index (χ2v) is 5.00. The highest BCUT2D eigenvalue weighted by Crippen LogP contribution is 2.25. The maximum absolute atomic E-state index is 6.09. The van der Waals surface area contributed by atoms with E-state index in [1.54, 1.807) is 0 Å². The Morgan fingerprint density at radius 3 is 2.56 bits per heavy atom. The van der Waals surface area contributed by atoms with Crippen LogP contribution in [0.1, 0.15) is 20.3 Å². The Balaban J connectivity index is 2.41. The fourth-order valence-electron chi connectivity index (χ4n) is 1.54. The van der Waals surface area contributed by atoms with Gasteiger partial charge in [-0.2, -0.15) is 0 Å². The number of hydrogen-bond acceptors (Lipinski definition) is 3. The SMILES string of the molecule is CCOC(CCNc1cc(Br)ccc1Cl)OCC. The summed E-state index contributed by atoms with van der Waals surface area (Å²) in [6.07, 6.45) is 0.628. The summed E-state index contributed by atoms with van der Waals surface area (Å²) in [5.41, 5.74) is 0.915. The molecule has 1 aromatic rings. The fourth-order valence-corrected chi connectivity index (χ4v) is 2.09. The van der Waals surface area contributed by atoms with Gasteiger partial charge in [0, 0.05) is 30.7 Å². The molecule has 1 N–H and O–H groups in total. The molecule has 0 saturated heterocycles. The second-order valence-electron chi connectivity index (χ2n) is 3.68. The molecule has 0 aliphatic carbocycles. The van der Waals surface area contributed by atoms with Gasteiger partial charge < -0.3 is 14.8 Å². The van der Waals surface area contributed by atoms with E-state index in [2.05, 4.69) is 21.2 Å². The predicted molar refractivity (Wildman–Crippen MR) is 79.3 cm³/mol. The maximum Gasteiger partial charge on any atom is 0.159 e. The fraction of sp³-hybridized carbons (Fsp3) is 0.538. The number of benzene rings is 1. The highest BCUT2D eigenvalue weighted by Gasteiger charge is 2.08. The van der Waals surface area contributed by atoms with Gasteiger partial charge in [0.05, 0.1) is 10.7 Å². The van der Waals surface area contributed by atoms with Crippen LogP contribution in [0.2, 0.25) is 5.02 Å². The number of ether oxygens (including phenoxy) is 2. The minimum Gasteiger partial charge on any atom is -0.384 e. The number of anilines is 1. The molecule has 5 heteroatoms. The Morgan fingerprint density at radius 1 is 1.28 bits per heavy atom. The average molecular weight is 337 g/mol. The second kappa shape index (κ2) is 8.75. The van der Waals surface area contributed by atoms with Gasteiger partial charge in [0.1, 0.15) is 0 Å². The monoisotopic (exact) mass is 335 g/mol. The maximum atomic E-state index is 6.09. The number of hydrogen-bond donors (Lipinski definition) is 1. The highest BCUT2D eigenvalue weighted by molar-refractivity contribution is 9.10. The van der Waals surface area contributed by atoms with Crippen LogP contribution in [0, 0.1) is 0 Å². The molecule has 18 heavy (non-hydrogen) atoms.